The van der Waals surface area contributed by atoms with Crippen LogP contribution >= 0.6 is 0 Å². The molecule has 0 atom stereocenters. The molecule has 0 aromatic carbocycles. The van der Waals surface area contributed by atoms with Gasteiger partial charge in [-0.15, -0.1) is 0 Å². The Balaban J connectivity index is 4.89. The average Bonchev–Trinajstić information content (AvgIpc) is 1.99. The van der Waals surface area contributed by atoms with Gasteiger partial charge in [-0.3, -0.25) is 9.69 Å². The molecule has 0 rings (SSSR count). The van der Waals surface area contributed by atoms with Crippen LogP contribution in [0.25, 0.3) is 0 Å². The minimum Gasteiger partial charge on any atom is -0.335 e. The van der Waals surface area contributed by atoms with Crippen LogP contribution in [0, 0.1) is 0 Å². The number of halogens is 3. The van der Waals surface area contributed by atoms with Gasteiger partial charge in [0.2, 0.25) is 0 Å². The van der Waals surface area contributed by atoms with Crippen LogP contribution in [-0.2, 0) is 4.79 Å². The quantitative estimate of drug-likeness (QED) is 0.801. The Morgan fingerprint density at radius 3 is 1.81 bits per heavy atom. The first-order valence-corrected chi connectivity index (χ1v) is 4.78. The first kappa shape index (κ1) is 14.7. The van der Waals surface area contributed by atoms with Gasteiger partial charge in [-0.05, 0) is 27.7 Å². The molecule has 0 bridgehead atoms. The zero-order valence-corrected chi connectivity index (χ0v) is 9.55. The van der Waals surface area contributed by atoms with E-state index in [1.165, 1.54) is 13.8 Å². The van der Waals surface area contributed by atoms with E-state index in [1.54, 1.807) is 13.8 Å². The standard InChI is InChI=1S/C9H15F3N2O2/c1-5(2)13-8(16)14(6(3)4)7(15)9(10,11)12/h5-6H,1-4H3,(H,13,16). The lowest BCUT2D eigenvalue weighted by molar-refractivity contribution is -0.183. The van der Waals surface area contributed by atoms with Gasteiger partial charge >= 0.3 is 18.1 Å². The fourth-order valence-corrected chi connectivity index (χ4v) is 1.01. The molecule has 0 heterocycles. The van der Waals surface area contributed by atoms with Crippen LogP contribution in [0.3, 0.4) is 0 Å². The maximum Gasteiger partial charge on any atom is 0.471 e. The number of carbonyl (C=O) groups excluding carboxylic acids is 2. The van der Waals surface area contributed by atoms with E-state index < -0.39 is 24.2 Å². The van der Waals surface area contributed by atoms with Crippen LogP contribution in [0.15, 0.2) is 0 Å². The van der Waals surface area contributed by atoms with Crippen molar-refractivity contribution in [3.05, 3.63) is 0 Å². The maximum absolute atomic E-state index is 12.2. The van der Waals surface area contributed by atoms with Gasteiger partial charge in [-0.2, -0.15) is 13.2 Å². The fourth-order valence-electron chi connectivity index (χ4n) is 1.01. The minimum atomic E-state index is -5.04. The molecule has 0 aromatic rings. The van der Waals surface area contributed by atoms with Crippen molar-refractivity contribution in [3.8, 4) is 0 Å². The van der Waals surface area contributed by atoms with E-state index in [9.17, 15) is 22.8 Å². The molecule has 0 aliphatic carbocycles. The van der Waals surface area contributed by atoms with Gasteiger partial charge in [0.25, 0.3) is 0 Å². The molecule has 16 heavy (non-hydrogen) atoms. The molecule has 0 aliphatic heterocycles. The van der Waals surface area contributed by atoms with Crippen LogP contribution in [-0.4, -0.2) is 35.1 Å². The Morgan fingerprint density at radius 2 is 1.56 bits per heavy atom. The molecule has 7 heteroatoms. The summed E-state index contributed by atoms with van der Waals surface area (Å²) < 4.78 is 36.6. The zero-order valence-electron chi connectivity index (χ0n) is 9.55. The topological polar surface area (TPSA) is 49.4 Å². The Hall–Kier alpha value is -1.27. The van der Waals surface area contributed by atoms with E-state index in [4.69, 9.17) is 0 Å². The predicted octanol–water partition coefficient (Wildman–Crippen LogP) is 1.90. The number of imide groups is 1. The second kappa shape index (κ2) is 5.18. The molecule has 0 saturated carbocycles. The molecule has 0 fully saturated rings. The second-order valence-corrected chi connectivity index (χ2v) is 3.87. The molecule has 0 radical (unpaired) electrons. The molecule has 0 unspecified atom stereocenters. The summed E-state index contributed by atoms with van der Waals surface area (Å²) in [7, 11) is 0. The van der Waals surface area contributed by atoms with E-state index in [2.05, 4.69) is 5.32 Å². The van der Waals surface area contributed by atoms with Crippen molar-refractivity contribution in [1.29, 1.82) is 0 Å². The van der Waals surface area contributed by atoms with Crippen LogP contribution in [0.2, 0.25) is 0 Å². The Morgan fingerprint density at radius 1 is 1.12 bits per heavy atom. The van der Waals surface area contributed by atoms with E-state index in [0.717, 1.165) is 0 Å². The second-order valence-electron chi connectivity index (χ2n) is 3.87. The molecule has 0 aliphatic rings. The third-order valence-electron chi connectivity index (χ3n) is 1.61. The number of hydrogen-bond acceptors (Lipinski definition) is 2. The summed E-state index contributed by atoms with van der Waals surface area (Å²) in [5.74, 6) is -2.15. The number of nitrogens with zero attached hydrogens (tertiary/aromatic N) is 1. The van der Waals surface area contributed by atoms with Crippen molar-refractivity contribution in [2.75, 3.05) is 0 Å². The van der Waals surface area contributed by atoms with Crippen molar-refractivity contribution < 1.29 is 22.8 Å². The Kier molecular flexibility index (Phi) is 4.77. The summed E-state index contributed by atoms with van der Waals surface area (Å²) in [5.41, 5.74) is 0. The van der Waals surface area contributed by atoms with Crippen LogP contribution in [0.5, 0.6) is 0 Å². The van der Waals surface area contributed by atoms with Gasteiger partial charge in [-0.1, -0.05) is 0 Å². The number of hydrogen-bond donors (Lipinski definition) is 1. The average molecular weight is 240 g/mol. The number of amides is 3. The van der Waals surface area contributed by atoms with Gasteiger partial charge in [0.15, 0.2) is 0 Å². The largest absolute Gasteiger partial charge is 0.471 e. The van der Waals surface area contributed by atoms with Gasteiger partial charge in [0.05, 0.1) is 0 Å². The van der Waals surface area contributed by atoms with Gasteiger partial charge in [0, 0.05) is 12.1 Å². The van der Waals surface area contributed by atoms with E-state index >= 15 is 0 Å². The highest BCUT2D eigenvalue weighted by atomic mass is 19.4. The molecule has 1 N–H and O–H groups in total. The molecule has 0 spiro atoms. The predicted molar refractivity (Wildman–Crippen MR) is 51.7 cm³/mol. The molecular weight excluding hydrogens is 225 g/mol. The van der Waals surface area contributed by atoms with E-state index in [-0.39, 0.29) is 10.9 Å². The fraction of sp³-hybridized carbons (Fsp3) is 0.778. The Bertz CT molecular complexity index is 274. The highest BCUT2D eigenvalue weighted by molar-refractivity contribution is 5.97. The number of urea groups is 1. The normalized spacial score (nSPS) is 11.8. The number of nitrogens with one attached hydrogen (secondary N) is 1. The Labute approximate surface area is 91.8 Å². The summed E-state index contributed by atoms with van der Waals surface area (Å²) in [6.07, 6.45) is -5.04. The number of rotatable bonds is 2. The van der Waals surface area contributed by atoms with E-state index in [1.807, 2.05) is 0 Å². The monoisotopic (exact) mass is 240 g/mol. The summed E-state index contributed by atoms with van der Waals surface area (Å²) in [6, 6.07) is -2.23. The van der Waals surface area contributed by atoms with Crippen LogP contribution < -0.4 is 5.32 Å². The first-order valence-electron chi connectivity index (χ1n) is 4.78. The van der Waals surface area contributed by atoms with Crippen molar-refractivity contribution in [2.24, 2.45) is 0 Å². The van der Waals surface area contributed by atoms with Gasteiger partial charge < -0.3 is 5.32 Å². The summed E-state index contributed by atoms with van der Waals surface area (Å²) in [6.45, 7) is 5.86. The van der Waals surface area contributed by atoms with Gasteiger partial charge in [-0.25, -0.2) is 4.79 Å². The van der Waals surface area contributed by atoms with Crippen molar-refractivity contribution in [1.82, 2.24) is 10.2 Å². The molecule has 0 saturated heterocycles. The van der Waals surface area contributed by atoms with Crippen molar-refractivity contribution in [3.63, 3.8) is 0 Å². The number of alkyl halides is 3. The highest BCUT2D eigenvalue weighted by Crippen LogP contribution is 2.20. The molecule has 4 nitrogen and oxygen atoms in total. The summed E-state index contributed by atoms with van der Waals surface area (Å²) >= 11 is 0. The smallest absolute Gasteiger partial charge is 0.335 e. The lowest BCUT2D eigenvalue weighted by Gasteiger charge is -2.26. The van der Waals surface area contributed by atoms with Crippen LogP contribution in [0.4, 0.5) is 18.0 Å². The highest BCUT2D eigenvalue weighted by Gasteiger charge is 2.45. The SMILES string of the molecule is CC(C)NC(=O)N(C(=O)C(F)(F)F)C(C)C. The van der Waals surface area contributed by atoms with Crippen molar-refractivity contribution in [2.45, 2.75) is 46.0 Å². The third-order valence-corrected chi connectivity index (χ3v) is 1.61. The minimum absolute atomic E-state index is 0.167. The zero-order chi connectivity index (χ0) is 13.1. The van der Waals surface area contributed by atoms with Crippen molar-refractivity contribution >= 4 is 11.9 Å². The lowest BCUT2D eigenvalue weighted by atomic mass is 10.3. The van der Waals surface area contributed by atoms with Crippen LogP contribution in [0.1, 0.15) is 27.7 Å². The van der Waals surface area contributed by atoms with Gasteiger partial charge in [0.1, 0.15) is 0 Å². The molecular formula is C9H15F3N2O2. The lowest BCUT2D eigenvalue weighted by Crippen LogP contribution is -2.53. The molecule has 0 aromatic heterocycles. The molecule has 94 valence electrons. The first-order chi connectivity index (χ1) is 7.07. The summed E-state index contributed by atoms with van der Waals surface area (Å²) in [4.78, 5) is 22.5. The number of carbonyl (C=O) groups is 2. The van der Waals surface area contributed by atoms with E-state index in [0.29, 0.717) is 0 Å². The summed E-state index contributed by atoms with van der Waals surface area (Å²) in [5, 5.41) is 2.24. The third kappa shape index (κ3) is 4.08. The maximum atomic E-state index is 12.2. The molecule has 3 amide bonds.